The molecule has 1 saturated heterocycles. The van der Waals surface area contributed by atoms with Crippen molar-refractivity contribution in [3.8, 4) is 0 Å². The van der Waals surface area contributed by atoms with Gasteiger partial charge in [-0.3, -0.25) is 4.79 Å². The molecule has 2 aliphatic rings. The van der Waals surface area contributed by atoms with Crippen LogP contribution in [0.1, 0.15) is 47.0 Å². The first-order valence-electron chi connectivity index (χ1n) is 6.81. The Morgan fingerprint density at radius 2 is 1.89 bits per heavy atom. The zero-order valence-corrected chi connectivity index (χ0v) is 11.8. The lowest BCUT2D eigenvalue weighted by Crippen LogP contribution is -2.44. The first-order chi connectivity index (χ1) is 8.32. The molecule has 0 aromatic carbocycles. The molecule has 104 valence electrons. The van der Waals surface area contributed by atoms with E-state index >= 15 is 0 Å². The van der Waals surface area contributed by atoms with Gasteiger partial charge in [0.05, 0.1) is 18.6 Å². The van der Waals surface area contributed by atoms with Crippen LogP contribution in [-0.2, 0) is 19.0 Å². The number of esters is 1. The lowest BCUT2D eigenvalue weighted by molar-refractivity contribution is -0.209. The van der Waals surface area contributed by atoms with E-state index in [1.54, 1.807) is 0 Å². The maximum atomic E-state index is 11.9. The van der Waals surface area contributed by atoms with E-state index in [0.717, 1.165) is 19.3 Å². The summed E-state index contributed by atoms with van der Waals surface area (Å²) in [5.74, 6) is -0.240. The molecule has 2 rings (SSSR count). The Labute approximate surface area is 109 Å². The van der Waals surface area contributed by atoms with E-state index in [0.29, 0.717) is 13.2 Å². The van der Waals surface area contributed by atoms with E-state index in [4.69, 9.17) is 14.2 Å². The fourth-order valence-corrected chi connectivity index (χ4v) is 2.62. The van der Waals surface area contributed by atoms with E-state index in [2.05, 4.69) is 6.92 Å². The van der Waals surface area contributed by atoms with Crippen molar-refractivity contribution in [3.63, 3.8) is 0 Å². The van der Waals surface area contributed by atoms with Crippen molar-refractivity contribution >= 4 is 5.97 Å². The third kappa shape index (κ3) is 2.86. The maximum Gasteiger partial charge on any atom is 0.311 e. The van der Waals surface area contributed by atoms with Gasteiger partial charge in [-0.15, -0.1) is 0 Å². The van der Waals surface area contributed by atoms with Crippen LogP contribution in [0.15, 0.2) is 0 Å². The first kappa shape index (κ1) is 13.8. The van der Waals surface area contributed by atoms with E-state index in [9.17, 15) is 4.79 Å². The molecule has 1 aliphatic heterocycles. The highest BCUT2D eigenvalue weighted by atomic mass is 16.7. The number of hydrogen-bond acceptors (Lipinski definition) is 4. The molecule has 4 nitrogen and oxygen atoms in total. The van der Waals surface area contributed by atoms with Crippen molar-refractivity contribution in [2.24, 2.45) is 11.3 Å². The number of carbonyl (C=O) groups is 1. The third-order valence-electron chi connectivity index (χ3n) is 3.76. The van der Waals surface area contributed by atoms with Crippen LogP contribution >= 0.6 is 0 Å². The summed E-state index contributed by atoms with van der Waals surface area (Å²) in [4.78, 5) is 11.9. The smallest absolute Gasteiger partial charge is 0.311 e. The minimum atomic E-state index is -0.435. The molecule has 2 fully saturated rings. The zero-order valence-electron chi connectivity index (χ0n) is 11.8. The molecule has 18 heavy (non-hydrogen) atoms. The van der Waals surface area contributed by atoms with Crippen molar-refractivity contribution in [2.45, 2.75) is 58.8 Å². The van der Waals surface area contributed by atoms with Crippen LogP contribution in [0.4, 0.5) is 0 Å². The molecular formula is C14H24O4. The zero-order chi connectivity index (χ0) is 13.4. The maximum absolute atomic E-state index is 11.9. The summed E-state index contributed by atoms with van der Waals surface area (Å²) in [5, 5.41) is 0. The predicted octanol–water partition coefficient (Wildman–Crippen LogP) is 2.51. The van der Waals surface area contributed by atoms with Crippen molar-refractivity contribution in [1.82, 2.24) is 0 Å². The molecule has 1 aliphatic carbocycles. The molecule has 2 atom stereocenters. The third-order valence-corrected chi connectivity index (χ3v) is 3.76. The summed E-state index contributed by atoms with van der Waals surface area (Å²) in [7, 11) is 0. The van der Waals surface area contributed by atoms with E-state index in [1.807, 2.05) is 20.8 Å². The van der Waals surface area contributed by atoms with Crippen molar-refractivity contribution in [1.29, 1.82) is 0 Å². The Bertz CT molecular complexity index is 312. The lowest BCUT2D eigenvalue weighted by Gasteiger charge is -2.39. The highest BCUT2D eigenvalue weighted by Gasteiger charge is 2.45. The summed E-state index contributed by atoms with van der Waals surface area (Å²) >= 11 is 0. The van der Waals surface area contributed by atoms with Gasteiger partial charge in [0.1, 0.15) is 6.10 Å². The van der Waals surface area contributed by atoms with E-state index in [1.165, 1.54) is 0 Å². The van der Waals surface area contributed by atoms with Gasteiger partial charge in [-0.05, 0) is 33.1 Å². The van der Waals surface area contributed by atoms with Gasteiger partial charge in [0.25, 0.3) is 0 Å². The van der Waals surface area contributed by atoms with Crippen LogP contribution in [0.2, 0.25) is 0 Å². The first-order valence-corrected chi connectivity index (χ1v) is 6.81. The molecule has 0 amide bonds. The van der Waals surface area contributed by atoms with Crippen molar-refractivity contribution in [3.05, 3.63) is 0 Å². The summed E-state index contributed by atoms with van der Waals surface area (Å²) in [5.41, 5.74) is -0.435. The number of carbonyl (C=O) groups excluding carboxylic acids is 1. The molecule has 4 heteroatoms. The monoisotopic (exact) mass is 256 g/mol. The molecule has 1 saturated carbocycles. The molecule has 0 N–H and O–H groups in total. The molecule has 0 aromatic heterocycles. The lowest BCUT2D eigenvalue weighted by atomic mass is 9.83. The van der Waals surface area contributed by atoms with E-state index in [-0.39, 0.29) is 18.0 Å². The van der Waals surface area contributed by atoms with Gasteiger partial charge < -0.3 is 14.2 Å². The summed E-state index contributed by atoms with van der Waals surface area (Å²) in [6, 6.07) is 0. The van der Waals surface area contributed by atoms with Gasteiger partial charge >= 0.3 is 5.97 Å². The molecule has 0 radical (unpaired) electrons. The Kier molecular flexibility index (Phi) is 3.70. The van der Waals surface area contributed by atoms with Gasteiger partial charge in [-0.25, -0.2) is 0 Å². The van der Waals surface area contributed by atoms with Crippen LogP contribution in [-0.4, -0.2) is 31.1 Å². The number of ether oxygens (including phenoxy) is 3. The number of rotatable bonds is 1. The second kappa shape index (κ2) is 4.82. The average molecular weight is 256 g/mol. The molecule has 1 spiro atoms. The summed E-state index contributed by atoms with van der Waals surface area (Å²) < 4.78 is 17.0. The molecule has 2 unspecified atom stereocenters. The topological polar surface area (TPSA) is 44.8 Å². The highest BCUT2D eigenvalue weighted by molar-refractivity contribution is 5.75. The van der Waals surface area contributed by atoms with Gasteiger partial charge in [0.2, 0.25) is 0 Å². The van der Waals surface area contributed by atoms with Gasteiger partial charge in [-0.2, -0.15) is 0 Å². The van der Waals surface area contributed by atoms with Gasteiger partial charge in [0.15, 0.2) is 5.79 Å². The Balaban J connectivity index is 1.92. The summed E-state index contributed by atoms with van der Waals surface area (Å²) in [6.45, 7) is 9.11. The second-order valence-electron chi connectivity index (χ2n) is 6.52. The molecule has 0 bridgehead atoms. The normalized spacial score (nSPS) is 31.6. The molecule has 1 heterocycles. The molecular weight excluding hydrogens is 232 g/mol. The van der Waals surface area contributed by atoms with Gasteiger partial charge in [0, 0.05) is 12.8 Å². The van der Waals surface area contributed by atoms with Crippen LogP contribution in [0.3, 0.4) is 0 Å². The minimum Gasteiger partial charge on any atom is -0.462 e. The largest absolute Gasteiger partial charge is 0.462 e. The SMILES string of the molecule is CC1CC2(CCC1OC(=O)C(C)(C)C)OCCO2. The number of hydrogen-bond donors (Lipinski definition) is 0. The predicted molar refractivity (Wildman–Crippen MR) is 67.0 cm³/mol. The summed E-state index contributed by atoms with van der Waals surface area (Å²) in [6.07, 6.45) is 2.45. The van der Waals surface area contributed by atoms with Crippen LogP contribution in [0.25, 0.3) is 0 Å². The Morgan fingerprint density at radius 3 is 2.39 bits per heavy atom. The fourth-order valence-electron chi connectivity index (χ4n) is 2.62. The van der Waals surface area contributed by atoms with E-state index < -0.39 is 11.2 Å². The van der Waals surface area contributed by atoms with Crippen LogP contribution in [0, 0.1) is 11.3 Å². The second-order valence-corrected chi connectivity index (χ2v) is 6.52. The quantitative estimate of drug-likeness (QED) is 0.676. The minimum absolute atomic E-state index is 0.00449. The van der Waals surface area contributed by atoms with Crippen molar-refractivity contribution < 1.29 is 19.0 Å². The average Bonchev–Trinajstić information content (AvgIpc) is 2.69. The fraction of sp³-hybridized carbons (Fsp3) is 0.929. The van der Waals surface area contributed by atoms with Crippen molar-refractivity contribution in [2.75, 3.05) is 13.2 Å². The van der Waals surface area contributed by atoms with Gasteiger partial charge in [-0.1, -0.05) is 6.92 Å². The Morgan fingerprint density at radius 1 is 1.28 bits per heavy atom. The highest BCUT2D eigenvalue weighted by Crippen LogP contribution is 2.40. The standard InChI is InChI=1S/C14H24O4/c1-10-9-14(16-7-8-17-14)6-5-11(10)18-12(15)13(2,3)4/h10-11H,5-9H2,1-4H3. The van der Waals surface area contributed by atoms with Crippen LogP contribution in [0.5, 0.6) is 0 Å². The molecule has 0 aromatic rings. The van der Waals surface area contributed by atoms with Crippen LogP contribution < -0.4 is 0 Å². The Hall–Kier alpha value is -0.610.